The third-order valence-electron chi connectivity index (χ3n) is 3.27. The van der Waals surface area contributed by atoms with Gasteiger partial charge in [-0.15, -0.1) is 0 Å². The summed E-state index contributed by atoms with van der Waals surface area (Å²) >= 11 is 0. The number of carbonyl (C=O) groups is 1. The van der Waals surface area contributed by atoms with Gasteiger partial charge in [-0.05, 0) is 35.4 Å². The number of fused-ring (bicyclic) bond motifs is 1. The number of nitrogens with one attached hydrogen (secondary N) is 1. The van der Waals surface area contributed by atoms with Gasteiger partial charge in [0.2, 0.25) is 0 Å². The van der Waals surface area contributed by atoms with Gasteiger partial charge in [-0.1, -0.05) is 12.1 Å². The van der Waals surface area contributed by atoms with Crippen molar-refractivity contribution in [3.63, 3.8) is 0 Å². The van der Waals surface area contributed by atoms with Crippen LogP contribution in [0.15, 0.2) is 36.4 Å². The van der Waals surface area contributed by atoms with E-state index in [2.05, 4.69) is 5.32 Å². The summed E-state index contributed by atoms with van der Waals surface area (Å²) in [5.74, 6) is -0.945. The molecule has 2 aromatic carbocycles. The number of amides is 1. The zero-order valence-corrected chi connectivity index (χ0v) is 10.7. The monoisotopic (exact) mass is 272 g/mol. The molecular formula is C15H13FN2O2. The molecule has 1 aliphatic heterocycles. The van der Waals surface area contributed by atoms with Gasteiger partial charge in [0.05, 0.1) is 18.9 Å². The second-order valence-electron chi connectivity index (χ2n) is 4.63. The van der Waals surface area contributed by atoms with E-state index in [-0.39, 0.29) is 11.4 Å². The average Bonchev–Trinajstić information content (AvgIpc) is 2.90. The van der Waals surface area contributed by atoms with E-state index in [4.69, 9.17) is 10.5 Å². The number of ether oxygens (including phenoxy) is 1. The van der Waals surface area contributed by atoms with E-state index in [0.29, 0.717) is 18.8 Å². The van der Waals surface area contributed by atoms with E-state index in [1.165, 1.54) is 18.2 Å². The van der Waals surface area contributed by atoms with E-state index < -0.39 is 11.7 Å². The maximum Gasteiger partial charge on any atom is 0.255 e. The lowest BCUT2D eigenvalue weighted by atomic mass is 10.1. The molecule has 0 atom stereocenters. The second kappa shape index (κ2) is 4.94. The van der Waals surface area contributed by atoms with Crippen LogP contribution in [0.1, 0.15) is 21.5 Å². The van der Waals surface area contributed by atoms with Crippen molar-refractivity contribution in [3.8, 4) is 0 Å². The van der Waals surface area contributed by atoms with Crippen LogP contribution in [0.5, 0.6) is 0 Å². The molecule has 0 bridgehead atoms. The number of anilines is 2. The van der Waals surface area contributed by atoms with Gasteiger partial charge in [-0.25, -0.2) is 4.39 Å². The Morgan fingerprint density at radius 3 is 2.80 bits per heavy atom. The van der Waals surface area contributed by atoms with Crippen LogP contribution in [0.2, 0.25) is 0 Å². The highest BCUT2D eigenvalue weighted by molar-refractivity contribution is 6.06. The molecule has 4 nitrogen and oxygen atoms in total. The number of halogens is 1. The molecule has 0 spiro atoms. The minimum atomic E-state index is -0.553. The summed E-state index contributed by atoms with van der Waals surface area (Å²) in [6.45, 7) is 1.07. The molecule has 0 unspecified atom stereocenters. The number of nitrogen functional groups attached to an aromatic ring is 1. The molecule has 1 aliphatic rings. The van der Waals surface area contributed by atoms with Crippen LogP contribution in [0.25, 0.3) is 0 Å². The molecule has 3 N–H and O–H groups in total. The van der Waals surface area contributed by atoms with Crippen molar-refractivity contribution >= 4 is 17.3 Å². The summed E-state index contributed by atoms with van der Waals surface area (Å²) in [5.41, 5.74) is 8.39. The van der Waals surface area contributed by atoms with Crippen molar-refractivity contribution in [2.45, 2.75) is 13.2 Å². The van der Waals surface area contributed by atoms with Gasteiger partial charge in [0, 0.05) is 5.56 Å². The van der Waals surface area contributed by atoms with E-state index in [1.807, 2.05) is 6.07 Å². The Hall–Kier alpha value is -2.40. The van der Waals surface area contributed by atoms with Gasteiger partial charge in [0.15, 0.2) is 0 Å². The number of para-hydroxylation sites is 1. The summed E-state index contributed by atoms with van der Waals surface area (Å²) in [6, 6.07) is 9.58. The first-order valence-electron chi connectivity index (χ1n) is 6.20. The Balaban J connectivity index is 1.86. The highest BCUT2D eigenvalue weighted by Gasteiger charge is 2.16. The van der Waals surface area contributed by atoms with Gasteiger partial charge in [-0.2, -0.15) is 0 Å². The van der Waals surface area contributed by atoms with Crippen LogP contribution >= 0.6 is 0 Å². The molecule has 5 heteroatoms. The first-order chi connectivity index (χ1) is 9.65. The normalized spacial score (nSPS) is 13.1. The number of rotatable bonds is 2. The van der Waals surface area contributed by atoms with Gasteiger partial charge in [-0.3, -0.25) is 4.79 Å². The van der Waals surface area contributed by atoms with E-state index in [9.17, 15) is 9.18 Å². The molecule has 3 rings (SSSR count). The topological polar surface area (TPSA) is 64.3 Å². The fraction of sp³-hybridized carbons (Fsp3) is 0.133. The van der Waals surface area contributed by atoms with Gasteiger partial charge >= 0.3 is 0 Å². The van der Waals surface area contributed by atoms with Crippen LogP contribution in [0.4, 0.5) is 15.8 Å². The Bertz CT molecular complexity index is 665. The largest absolute Gasteiger partial charge is 0.397 e. The summed E-state index contributed by atoms with van der Waals surface area (Å²) in [7, 11) is 0. The summed E-state index contributed by atoms with van der Waals surface area (Å²) in [5, 5.41) is 2.51. The fourth-order valence-corrected chi connectivity index (χ4v) is 2.17. The standard InChI is InChI=1S/C15H13FN2O2/c16-12-2-1-3-13(17)14(12)18-15(19)9-4-5-10-7-20-8-11(10)6-9/h1-6H,7-8,17H2,(H,18,19). The Morgan fingerprint density at radius 1 is 1.20 bits per heavy atom. The number of hydrogen-bond acceptors (Lipinski definition) is 3. The van der Waals surface area contributed by atoms with Crippen LogP contribution in [-0.4, -0.2) is 5.91 Å². The molecule has 20 heavy (non-hydrogen) atoms. The average molecular weight is 272 g/mol. The van der Waals surface area contributed by atoms with Crippen molar-refractivity contribution < 1.29 is 13.9 Å². The predicted octanol–water partition coefficient (Wildman–Crippen LogP) is 2.69. The highest BCUT2D eigenvalue weighted by atomic mass is 19.1. The van der Waals surface area contributed by atoms with E-state index in [1.54, 1.807) is 12.1 Å². The minimum Gasteiger partial charge on any atom is -0.397 e. The summed E-state index contributed by atoms with van der Waals surface area (Å²) < 4.78 is 18.9. The van der Waals surface area contributed by atoms with Crippen molar-refractivity contribution in [1.29, 1.82) is 0 Å². The molecule has 1 heterocycles. The smallest absolute Gasteiger partial charge is 0.255 e. The van der Waals surface area contributed by atoms with Crippen molar-refractivity contribution in [3.05, 3.63) is 58.9 Å². The molecule has 0 fully saturated rings. The molecule has 2 aromatic rings. The minimum absolute atomic E-state index is 0.00856. The predicted molar refractivity (Wildman–Crippen MR) is 73.7 cm³/mol. The lowest BCUT2D eigenvalue weighted by Gasteiger charge is -2.09. The first-order valence-corrected chi connectivity index (χ1v) is 6.20. The Kier molecular flexibility index (Phi) is 3.12. The van der Waals surface area contributed by atoms with Gasteiger partial charge in [0.1, 0.15) is 11.5 Å². The quantitative estimate of drug-likeness (QED) is 0.826. The molecule has 0 radical (unpaired) electrons. The third kappa shape index (κ3) is 2.23. The molecule has 0 aliphatic carbocycles. The van der Waals surface area contributed by atoms with Crippen LogP contribution in [0, 0.1) is 5.82 Å². The molecular weight excluding hydrogens is 259 g/mol. The Labute approximate surface area is 115 Å². The third-order valence-corrected chi connectivity index (χ3v) is 3.27. The van der Waals surface area contributed by atoms with Crippen molar-refractivity contribution in [2.24, 2.45) is 0 Å². The number of carbonyl (C=O) groups excluding carboxylic acids is 1. The van der Waals surface area contributed by atoms with Crippen LogP contribution in [0.3, 0.4) is 0 Å². The van der Waals surface area contributed by atoms with Gasteiger partial charge < -0.3 is 15.8 Å². The number of benzene rings is 2. The molecule has 0 saturated heterocycles. The van der Waals surface area contributed by atoms with Crippen molar-refractivity contribution in [2.75, 3.05) is 11.1 Å². The van der Waals surface area contributed by atoms with Crippen LogP contribution in [-0.2, 0) is 18.0 Å². The zero-order chi connectivity index (χ0) is 14.1. The molecule has 1 amide bonds. The summed E-state index contributed by atoms with van der Waals surface area (Å²) in [4.78, 5) is 12.1. The number of nitrogens with two attached hydrogens (primary N) is 1. The lowest BCUT2D eigenvalue weighted by Crippen LogP contribution is -2.14. The first kappa shape index (κ1) is 12.6. The van der Waals surface area contributed by atoms with Crippen LogP contribution < -0.4 is 11.1 Å². The number of hydrogen-bond donors (Lipinski definition) is 2. The second-order valence-corrected chi connectivity index (χ2v) is 4.63. The summed E-state index contributed by atoms with van der Waals surface area (Å²) in [6.07, 6.45) is 0. The maximum atomic E-state index is 13.6. The highest BCUT2D eigenvalue weighted by Crippen LogP contribution is 2.24. The van der Waals surface area contributed by atoms with E-state index in [0.717, 1.165) is 11.1 Å². The molecule has 0 aromatic heterocycles. The Morgan fingerprint density at radius 2 is 2.00 bits per heavy atom. The van der Waals surface area contributed by atoms with E-state index >= 15 is 0 Å². The molecule has 0 saturated carbocycles. The van der Waals surface area contributed by atoms with Crippen molar-refractivity contribution in [1.82, 2.24) is 0 Å². The lowest BCUT2D eigenvalue weighted by molar-refractivity contribution is 0.102. The fourth-order valence-electron chi connectivity index (χ4n) is 2.17. The maximum absolute atomic E-state index is 13.6. The zero-order valence-electron chi connectivity index (χ0n) is 10.7. The SMILES string of the molecule is Nc1cccc(F)c1NC(=O)c1ccc2c(c1)COC2. The molecule has 102 valence electrons. The van der Waals surface area contributed by atoms with Gasteiger partial charge in [0.25, 0.3) is 5.91 Å².